The second-order valence-electron chi connectivity index (χ2n) is 2.96. The van der Waals surface area contributed by atoms with Gasteiger partial charge in [-0.05, 0) is 11.6 Å². The number of phenolic OH excluding ortho intramolecular Hbond substituents is 1. The van der Waals surface area contributed by atoms with E-state index >= 15 is 0 Å². The Labute approximate surface area is 83.8 Å². The maximum atomic E-state index is 9.58. The van der Waals surface area contributed by atoms with Crippen LogP contribution in [0.25, 0.3) is 6.08 Å². The van der Waals surface area contributed by atoms with Crippen molar-refractivity contribution in [1.29, 1.82) is 0 Å². The van der Waals surface area contributed by atoms with Crippen LogP contribution in [-0.2, 0) is 11.3 Å². The van der Waals surface area contributed by atoms with Crippen LogP contribution in [0.3, 0.4) is 0 Å². The van der Waals surface area contributed by atoms with Crippen LogP contribution in [0.1, 0.15) is 11.1 Å². The number of aromatic hydroxyl groups is 1. The Balaban J connectivity index is 2.83. The molecule has 1 aromatic rings. The maximum absolute atomic E-state index is 9.58. The van der Waals surface area contributed by atoms with Gasteiger partial charge in [-0.1, -0.05) is 24.3 Å². The van der Waals surface area contributed by atoms with Crippen molar-refractivity contribution in [3.63, 3.8) is 0 Å². The molecule has 0 aliphatic rings. The lowest BCUT2D eigenvalue weighted by molar-refractivity contribution is 0.182. The monoisotopic (exact) mass is 193 g/mol. The molecule has 0 amide bonds. The van der Waals surface area contributed by atoms with Crippen molar-refractivity contribution >= 4 is 6.08 Å². The van der Waals surface area contributed by atoms with Crippen LogP contribution in [0, 0.1) is 0 Å². The van der Waals surface area contributed by atoms with E-state index in [4.69, 9.17) is 10.5 Å². The van der Waals surface area contributed by atoms with Gasteiger partial charge >= 0.3 is 0 Å². The Bertz CT molecular complexity index is 321. The van der Waals surface area contributed by atoms with Gasteiger partial charge in [0.05, 0.1) is 6.61 Å². The van der Waals surface area contributed by atoms with Gasteiger partial charge in [0.15, 0.2) is 0 Å². The minimum Gasteiger partial charge on any atom is -0.508 e. The molecule has 0 heterocycles. The van der Waals surface area contributed by atoms with Gasteiger partial charge in [0, 0.05) is 19.2 Å². The van der Waals surface area contributed by atoms with Gasteiger partial charge in [0.2, 0.25) is 0 Å². The molecular weight excluding hydrogens is 178 g/mol. The summed E-state index contributed by atoms with van der Waals surface area (Å²) in [6.07, 6.45) is 3.71. The third kappa shape index (κ3) is 2.87. The highest BCUT2D eigenvalue weighted by molar-refractivity contribution is 5.53. The maximum Gasteiger partial charge on any atom is 0.121 e. The summed E-state index contributed by atoms with van der Waals surface area (Å²) in [6.45, 7) is 0.924. The minimum atomic E-state index is 0.256. The number of benzene rings is 1. The molecule has 3 nitrogen and oxygen atoms in total. The van der Waals surface area contributed by atoms with Crippen molar-refractivity contribution in [2.45, 2.75) is 6.61 Å². The van der Waals surface area contributed by atoms with Crippen molar-refractivity contribution in [1.82, 2.24) is 0 Å². The largest absolute Gasteiger partial charge is 0.508 e. The number of nitrogens with two attached hydrogens (primary N) is 1. The highest BCUT2D eigenvalue weighted by Crippen LogP contribution is 2.20. The normalized spacial score (nSPS) is 11.0. The Morgan fingerprint density at radius 1 is 1.50 bits per heavy atom. The first-order valence-corrected chi connectivity index (χ1v) is 4.45. The fraction of sp³-hybridized carbons (Fsp3) is 0.273. The molecule has 0 aliphatic heterocycles. The molecule has 0 spiro atoms. The summed E-state index contributed by atoms with van der Waals surface area (Å²) in [7, 11) is 1.60. The number of rotatable bonds is 4. The predicted molar refractivity (Wildman–Crippen MR) is 56.9 cm³/mol. The summed E-state index contributed by atoms with van der Waals surface area (Å²) < 4.78 is 4.93. The summed E-state index contributed by atoms with van der Waals surface area (Å²) >= 11 is 0. The zero-order valence-corrected chi connectivity index (χ0v) is 8.23. The Morgan fingerprint density at radius 3 is 2.86 bits per heavy atom. The lowest BCUT2D eigenvalue weighted by Crippen LogP contribution is -1.92. The third-order valence-corrected chi connectivity index (χ3v) is 1.86. The van der Waals surface area contributed by atoms with Gasteiger partial charge in [0.1, 0.15) is 5.75 Å². The van der Waals surface area contributed by atoms with E-state index in [9.17, 15) is 5.11 Å². The van der Waals surface area contributed by atoms with Crippen LogP contribution < -0.4 is 5.73 Å². The van der Waals surface area contributed by atoms with Crippen molar-refractivity contribution in [2.24, 2.45) is 5.73 Å². The van der Waals surface area contributed by atoms with Crippen molar-refractivity contribution in [3.05, 3.63) is 35.4 Å². The Hall–Kier alpha value is -1.32. The van der Waals surface area contributed by atoms with Gasteiger partial charge in [-0.25, -0.2) is 0 Å². The molecule has 14 heavy (non-hydrogen) atoms. The number of hydrogen-bond donors (Lipinski definition) is 2. The van der Waals surface area contributed by atoms with Crippen molar-refractivity contribution in [2.75, 3.05) is 13.7 Å². The van der Waals surface area contributed by atoms with Crippen molar-refractivity contribution < 1.29 is 9.84 Å². The average molecular weight is 193 g/mol. The summed E-state index contributed by atoms with van der Waals surface area (Å²) in [6, 6.07) is 5.45. The van der Waals surface area contributed by atoms with E-state index in [1.807, 2.05) is 24.3 Å². The molecule has 0 bridgehead atoms. The van der Waals surface area contributed by atoms with Crippen LogP contribution >= 0.6 is 0 Å². The smallest absolute Gasteiger partial charge is 0.121 e. The zero-order valence-electron chi connectivity index (χ0n) is 8.23. The minimum absolute atomic E-state index is 0.256. The predicted octanol–water partition coefficient (Wildman–Crippen LogP) is 1.51. The molecule has 76 valence electrons. The van der Waals surface area contributed by atoms with E-state index < -0.39 is 0 Å². The van der Waals surface area contributed by atoms with Crippen LogP contribution in [-0.4, -0.2) is 18.8 Å². The SMILES string of the molecule is COCc1ccc(/C=C/CN)cc1O. The van der Waals surface area contributed by atoms with Gasteiger partial charge < -0.3 is 15.6 Å². The van der Waals surface area contributed by atoms with Gasteiger partial charge in [-0.2, -0.15) is 0 Å². The van der Waals surface area contributed by atoms with E-state index in [0.29, 0.717) is 13.2 Å². The van der Waals surface area contributed by atoms with E-state index in [1.165, 1.54) is 0 Å². The topological polar surface area (TPSA) is 55.5 Å². The Morgan fingerprint density at radius 2 is 2.29 bits per heavy atom. The molecule has 0 radical (unpaired) electrons. The Kier molecular flexibility index (Phi) is 4.16. The van der Waals surface area contributed by atoms with E-state index in [2.05, 4.69) is 0 Å². The second kappa shape index (κ2) is 5.42. The van der Waals surface area contributed by atoms with Crippen LogP contribution in [0.15, 0.2) is 24.3 Å². The zero-order chi connectivity index (χ0) is 10.4. The second-order valence-corrected chi connectivity index (χ2v) is 2.96. The van der Waals surface area contributed by atoms with Gasteiger partial charge in [0.25, 0.3) is 0 Å². The average Bonchev–Trinajstić information content (AvgIpc) is 2.19. The number of hydrogen-bond acceptors (Lipinski definition) is 3. The molecule has 0 saturated carbocycles. The molecule has 3 heteroatoms. The molecule has 0 aromatic heterocycles. The van der Waals surface area contributed by atoms with E-state index in [-0.39, 0.29) is 5.75 Å². The number of phenols is 1. The summed E-state index contributed by atoms with van der Waals surface area (Å²) in [5.41, 5.74) is 7.05. The highest BCUT2D eigenvalue weighted by Gasteiger charge is 1.99. The van der Waals surface area contributed by atoms with Crippen LogP contribution in [0.4, 0.5) is 0 Å². The quantitative estimate of drug-likeness (QED) is 0.762. The number of methoxy groups -OCH3 is 1. The first-order chi connectivity index (χ1) is 6.77. The highest BCUT2D eigenvalue weighted by atomic mass is 16.5. The molecule has 0 saturated heterocycles. The first kappa shape index (κ1) is 10.8. The molecule has 1 rings (SSSR count). The fourth-order valence-electron chi connectivity index (χ4n) is 1.17. The van der Waals surface area contributed by atoms with Crippen LogP contribution in [0.2, 0.25) is 0 Å². The molecule has 0 aliphatic carbocycles. The van der Waals surface area contributed by atoms with Crippen LogP contribution in [0.5, 0.6) is 5.75 Å². The van der Waals surface area contributed by atoms with Crippen molar-refractivity contribution in [3.8, 4) is 5.75 Å². The molecule has 0 atom stereocenters. The molecule has 0 unspecified atom stereocenters. The lowest BCUT2D eigenvalue weighted by atomic mass is 10.1. The fourth-order valence-corrected chi connectivity index (χ4v) is 1.17. The molecule has 1 aromatic carbocycles. The third-order valence-electron chi connectivity index (χ3n) is 1.86. The summed E-state index contributed by atoms with van der Waals surface area (Å²) in [5.74, 6) is 0.256. The summed E-state index contributed by atoms with van der Waals surface area (Å²) in [5, 5.41) is 9.58. The van der Waals surface area contributed by atoms with E-state index in [0.717, 1.165) is 11.1 Å². The summed E-state index contributed by atoms with van der Waals surface area (Å²) in [4.78, 5) is 0. The lowest BCUT2D eigenvalue weighted by Gasteiger charge is -2.03. The molecule has 0 fully saturated rings. The molecular formula is C11H15NO2. The van der Waals surface area contributed by atoms with Gasteiger partial charge in [-0.15, -0.1) is 0 Å². The van der Waals surface area contributed by atoms with E-state index in [1.54, 1.807) is 13.2 Å². The standard InChI is InChI=1S/C11H15NO2/c1-14-8-10-5-4-9(3-2-6-12)7-11(10)13/h2-5,7,13H,6,8,12H2,1H3/b3-2+. The van der Waals surface area contributed by atoms with Gasteiger partial charge in [-0.3, -0.25) is 0 Å². The number of ether oxygens (including phenoxy) is 1. The first-order valence-electron chi connectivity index (χ1n) is 4.45. The molecule has 3 N–H and O–H groups in total.